The van der Waals surface area contributed by atoms with Gasteiger partial charge in [0.15, 0.2) is 0 Å². The first-order valence-corrected chi connectivity index (χ1v) is 6.11. The first-order chi connectivity index (χ1) is 9.13. The van der Waals surface area contributed by atoms with Crippen LogP contribution in [-0.4, -0.2) is 24.4 Å². The van der Waals surface area contributed by atoms with E-state index in [0.717, 1.165) is 28.6 Å². The van der Waals surface area contributed by atoms with Crippen molar-refractivity contribution in [1.29, 1.82) is 0 Å². The summed E-state index contributed by atoms with van der Waals surface area (Å²) in [5.74, 6) is 1.53. The highest BCUT2D eigenvalue weighted by Crippen LogP contribution is 2.26. The molecule has 5 heteroatoms. The van der Waals surface area contributed by atoms with Crippen LogP contribution in [0.4, 0.5) is 5.69 Å². The van der Waals surface area contributed by atoms with Crippen molar-refractivity contribution in [3.05, 3.63) is 35.2 Å². The summed E-state index contributed by atoms with van der Waals surface area (Å²) < 4.78 is 10.5. The van der Waals surface area contributed by atoms with E-state index in [4.69, 9.17) is 9.47 Å². The molecule has 0 aliphatic heterocycles. The number of nitrogens with zero attached hydrogens (tertiary/aromatic N) is 1. The van der Waals surface area contributed by atoms with Gasteiger partial charge in [0.05, 0.1) is 19.9 Å². The molecule has 102 valence electrons. The van der Waals surface area contributed by atoms with Crippen molar-refractivity contribution >= 4 is 5.69 Å². The molecule has 0 amide bonds. The zero-order valence-corrected chi connectivity index (χ0v) is 11.7. The predicted molar refractivity (Wildman–Crippen MR) is 74.9 cm³/mol. The molecule has 0 saturated carbocycles. The standard InChI is InChI=1S/C14H19N3O2/c1-9-14(10(2)17-16-9)8-15-11-5-12(18-3)7-13(6-11)19-4/h5-7,15H,8H2,1-4H3,(H,16,17). The monoisotopic (exact) mass is 261 g/mol. The molecule has 2 N–H and O–H groups in total. The smallest absolute Gasteiger partial charge is 0.124 e. The Hall–Kier alpha value is -2.17. The van der Waals surface area contributed by atoms with Crippen LogP contribution >= 0.6 is 0 Å². The Balaban J connectivity index is 2.15. The minimum absolute atomic E-state index is 0.713. The SMILES string of the molecule is COc1cc(NCc2c(C)n[nH]c2C)cc(OC)c1. The zero-order chi connectivity index (χ0) is 13.8. The van der Waals surface area contributed by atoms with E-state index in [0.29, 0.717) is 6.54 Å². The summed E-state index contributed by atoms with van der Waals surface area (Å²) in [6.07, 6.45) is 0. The Morgan fingerprint density at radius 1 is 1.11 bits per heavy atom. The maximum atomic E-state index is 5.24. The van der Waals surface area contributed by atoms with E-state index >= 15 is 0 Å². The Bertz CT molecular complexity index is 522. The van der Waals surface area contributed by atoms with Gasteiger partial charge < -0.3 is 14.8 Å². The van der Waals surface area contributed by atoms with Crippen molar-refractivity contribution in [3.63, 3.8) is 0 Å². The Kier molecular flexibility index (Phi) is 3.94. The molecular weight excluding hydrogens is 242 g/mol. The molecule has 0 atom stereocenters. The number of benzene rings is 1. The topological polar surface area (TPSA) is 59.2 Å². The number of ether oxygens (including phenoxy) is 2. The number of nitrogens with one attached hydrogen (secondary N) is 2. The molecule has 5 nitrogen and oxygen atoms in total. The maximum Gasteiger partial charge on any atom is 0.124 e. The van der Waals surface area contributed by atoms with Crippen molar-refractivity contribution in [3.8, 4) is 11.5 Å². The number of aromatic nitrogens is 2. The number of rotatable bonds is 5. The second-order valence-corrected chi connectivity index (χ2v) is 4.37. The van der Waals surface area contributed by atoms with Gasteiger partial charge in [0, 0.05) is 41.7 Å². The molecule has 1 heterocycles. The van der Waals surface area contributed by atoms with Crippen LogP contribution in [0.1, 0.15) is 17.0 Å². The highest BCUT2D eigenvalue weighted by atomic mass is 16.5. The summed E-state index contributed by atoms with van der Waals surface area (Å²) in [5, 5.41) is 10.5. The summed E-state index contributed by atoms with van der Waals surface area (Å²) in [7, 11) is 3.28. The lowest BCUT2D eigenvalue weighted by Crippen LogP contribution is -2.02. The van der Waals surface area contributed by atoms with Crippen molar-refractivity contribution < 1.29 is 9.47 Å². The van der Waals surface area contributed by atoms with Crippen LogP contribution in [0.15, 0.2) is 18.2 Å². The summed E-state index contributed by atoms with van der Waals surface area (Å²) in [4.78, 5) is 0. The van der Waals surface area contributed by atoms with E-state index in [1.165, 1.54) is 5.56 Å². The van der Waals surface area contributed by atoms with E-state index in [-0.39, 0.29) is 0 Å². The lowest BCUT2D eigenvalue weighted by Gasteiger charge is -2.10. The molecule has 0 aliphatic carbocycles. The van der Waals surface area contributed by atoms with Crippen molar-refractivity contribution in [2.45, 2.75) is 20.4 Å². The second kappa shape index (κ2) is 5.65. The highest BCUT2D eigenvalue weighted by molar-refractivity contribution is 5.54. The summed E-state index contributed by atoms with van der Waals surface area (Å²) in [6, 6.07) is 5.72. The lowest BCUT2D eigenvalue weighted by molar-refractivity contribution is 0.394. The average Bonchev–Trinajstić information content (AvgIpc) is 2.75. The summed E-state index contributed by atoms with van der Waals surface area (Å²) in [6.45, 7) is 4.72. The van der Waals surface area contributed by atoms with Crippen LogP contribution < -0.4 is 14.8 Å². The number of aromatic amines is 1. The summed E-state index contributed by atoms with van der Waals surface area (Å²) in [5.41, 5.74) is 4.23. The molecule has 19 heavy (non-hydrogen) atoms. The molecule has 0 aliphatic rings. The van der Waals surface area contributed by atoms with E-state index in [2.05, 4.69) is 15.5 Å². The van der Waals surface area contributed by atoms with Gasteiger partial charge in [-0.1, -0.05) is 0 Å². The quantitative estimate of drug-likeness (QED) is 0.868. The maximum absolute atomic E-state index is 5.24. The molecule has 0 saturated heterocycles. The first-order valence-electron chi connectivity index (χ1n) is 6.11. The fraction of sp³-hybridized carbons (Fsp3) is 0.357. The first kappa shape index (κ1) is 13.3. The molecule has 1 aromatic heterocycles. The molecule has 0 fully saturated rings. The average molecular weight is 261 g/mol. The van der Waals surface area contributed by atoms with Gasteiger partial charge in [0.2, 0.25) is 0 Å². The van der Waals surface area contributed by atoms with Crippen molar-refractivity contribution in [1.82, 2.24) is 10.2 Å². The van der Waals surface area contributed by atoms with Gasteiger partial charge in [-0.05, 0) is 13.8 Å². The molecule has 1 aromatic carbocycles. The van der Waals surface area contributed by atoms with Crippen LogP contribution in [0.2, 0.25) is 0 Å². The lowest BCUT2D eigenvalue weighted by atomic mass is 10.2. The number of H-pyrrole nitrogens is 1. The van der Waals surface area contributed by atoms with Crippen molar-refractivity contribution in [2.24, 2.45) is 0 Å². The van der Waals surface area contributed by atoms with Gasteiger partial charge in [-0.3, -0.25) is 5.10 Å². The van der Waals surface area contributed by atoms with Gasteiger partial charge in [0.1, 0.15) is 11.5 Å². The molecule has 2 rings (SSSR count). The second-order valence-electron chi connectivity index (χ2n) is 4.37. The Morgan fingerprint density at radius 3 is 2.21 bits per heavy atom. The Morgan fingerprint density at radius 2 is 1.74 bits per heavy atom. The van der Waals surface area contributed by atoms with Gasteiger partial charge in [0.25, 0.3) is 0 Å². The number of methoxy groups -OCH3 is 2. The number of hydrogen-bond donors (Lipinski definition) is 2. The fourth-order valence-electron chi connectivity index (χ4n) is 1.93. The third-order valence-corrected chi connectivity index (χ3v) is 3.10. The van der Waals surface area contributed by atoms with Gasteiger partial charge in [-0.2, -0.15) is 5.10 Å². The predicted octanol–water partition coefficient (Wildman–Crippen LogP) is 2.66. The highest BCUT2D eigenvalue weighted by Gasteiger charge is 2.07. The fourth-order valence-corrected chi connectivity index (χ4v) is 1.93. The minimum atomic E-state index is 0.713. The molecule has 0 unspecified atom stereocenters. The van der Waals surface area contributed by atoms with E-state index in [1.807, 2.05) is 32.0 Å². The van der Waals surface area contributed by atoms with Crippen LogP contribution in [0.25, 0.3) is 0 Å². The molecule has 0 bridgehead atoms. The third kappa shape index (κ3) is 2.99. The number of aryl methyl sites for hydroxylation is 2. The van der Waals surface area contributed by atoms with Crippen molar-refractivity contribution in [2.75, 3.05) is 19.5 Å². The van der Waals surface area contributed by atoms with E-state index in [9.17, 15) is 0 Å². The van der Waals surface area contributed by atoms with Gasteiger partial charge >= 0.3 is 0 Å². The van der Waals surface area contributed by atoms with Crippen LogP contribution in [-0.2, 0) is 6.54 Å². The number of anilines is 1. The van der Waals surface area contributed by atoms with E-state index < -0.39 is 0 Å². The largest absolute Gasteiger partial charge is 0.497 e. The van der Waals surface area contributed by atoms with Gasteiger partial charge in [-0.15, -0.1) is 0 Å². The van der Waals surface area contributed by atoms with E-state index in [1.54, 1.807) is 14.2 Å². The number of hydrogen-bond acceptors (Lipinski definition) is 4. The van der Waals surface area contributed by atoms with Crippen LogP contribution in [0.5, 0.6) is 11.5 Å². The molecule has 0 radical (unpaired) electrons. The van der Waals surface area contributed by atoms with Gasteiger partial charge in [-0.25, -0.2) is 0 Å². The Labute approximate surface area is 112 Å². The molecule has 2 aromatic rings. The van der Waals surface area contributed by atoms with Crippen LogP contribution in [0.3, 0.4) is 0 Å². The van der Waals surface area contributed by atoms with Crippen LogP contribution in [0, 0.1) is 13.8 Å². The molecular formula is C14H19N3O2. The normalized spacial score (nSPS) is 10.3. The molecule has 0 spiro atoms. The third-order valence-electron chi connectivity index (χ3n) is 3.10. The summed E-state index contributed by atoms with van der Waals surface area (Å²) >= 11 is 0. The minimum Gasteiger partial charge on any atom is -0.497 e. The zero-order valence-electron chi connectivity index (χ0n) is 11.7.